The topological polar surface area (TPSA) is 71.3 Å². The molecule has 2 N–H and O–H groups in total. The number of benzene rings is 2. The van der Waals surface area contributed by atoms with Crippen molar-refractivity contribution in [2.75, 3.05) is 11.9 Å². The number of carbonyl (C=O) groups excluding carboxylic acids is 2. The maximum Gasteiger partial charge on any atom is 0.286 e. The fraction of sp³-hybridized carbons (Fsp3) is 0.182. The van der Waals surface area contributed by atoms with E-state index in [0.29, 0.717) is 19.4 Å². The number of rotatable bonds is 8. The van der Waals surface area contributed by atoms with Gasteiger partial charge in [-0.1, -0.05) is 48.5 Å². The van der Waals surface area contributed by atoms with Crippen molar-refractivity contribution >= 4 is 17.5 Å². The molecule has 138 valence electrons. The predicted molar refractivity (Wildman–Crippen MR) is 105 cm³/mol. The molecule has 2 amide bonds. The van der Waals surface area contributed by atoms with Gasteiger partial charge < -0.3 is 15.1 Å². The lowest BCUT2D eigenvalue weighted by Crippen LogP contribution is -2.25. The highest BCUT2D eigenvalue weighted by atomic mass is 16.3. The van der Waals surface area contributed by atoms with Crippen LogP contribution < -0.4 is 10.6 Å². The van der Waals surface area contributed by atoms with Crippen LogP contribution in [-0.2, 0) is 11.2 Å². The average Bonchev–Trinajstić information content (AvgIpc) is 3.22. The Bertz CT molecular complexity index is 874. The molecule has 5 heteroatoms. The van der Waals surface area contributed by atoms with E-state index >= 15 is 0 Å². The summed E-state index contributed by atoms with van der Waals surface area (Å²) in [5.74, 6) is -0.0642. The molecule has 0 saturated heterocycles. The second-order valence-corrected chi connectivity index (χ2v) is 6.20. The van der Waals surface area contributed by atoms with Crippen LogP contribution >= 0.6 is 0 Å². The van der Waals surface area contributed by atoms with Crippen molar-refractivity contribution in [2.24, 2.45) is 0 Å². The summed E-state index contributed by atoms with van der Waals surface area (Å²) in [5.41, 5.74) is 3.09. The fourth-order valence-corrected chi connectivity index (χ4v) is 2.77. The van der Waals surface area contributed by atoms with Gasteiger partial charge in [-0.3, -0.25) is 9.59 Å². The summed E-state index contributed by atoms with van der Waals surface area (Å²) in [7, 11) is 0. The predicted octanol–water partition coefficient (Wildman–Crippen LogP) is 4.02. The summed E-state index contributed by atoms with van der Waals surface area (Å²) in [6, 6.07) is 21.2. The smallest absolute Gasteiger partial charge is 0.286 e. The van der Waals surface area contributed by atoms with E-state index in [0.717, 1.165) is 17.7 Å². The van der Waals surface area contributed by atoms with E-state index in [1.54, 1.807) is 12.1 Å². The van der Waals surface area contributed by atoms with Gasteiger partial charge in [0, 0.05) is 18.7 Å². The van der Waals surface area contributed by atoms with E-state index in [1.165, 1.54) is 11.8 Å². The van der Waals surface area contributed by atoms with Gasteiger partial charge in [-0.05, 0) is 42.2 Å². The van der Waals surface area contributed by atoms with Gasteiger partial charge in [0.05, 0.1) is 6.26 Å². The second-order valence-electron chi connectivity index (χ2n) is 6.20. The number of nitrogens with one attached hydrogen (secondary N) is 2. The number of hydrogen-bond acceptors (Lipinski definition) is 3. The van der Waals surface area contributed by atoms with Crippen LogP contribution in [0.5, 0.6) is 0 Å². The van der Waals surface area contributed by atoms with Gasteiger partial charge in [-0.25, -0.2) is 0 Å². The van der Waals surface area contributed by atoms with Crippen molar-refractivity contribution < 1.29 is 14.0 Å². The third-order valence-corrected chi connectivity index (χ3v) is 4.14. The number of amides is 2. The van der Waals surface area contributed by atoms with Crippen molar-refractivity contribution in [3.05, 3.63) is 89.9 Å². The Morgan fingerprint density at radius 2 is 1.67 bits per heavy atom. The zero-order valence-electron chi connectivity index (χ0n) is 15.0. The third-order valence-electron chi connectivity index (χ3n) is 4.14. The third kappa shape index (κ3) is 5.57. The summed E-state index contributed by atoms with van der Waals surface area (Å²) in [5, 5.41) is 5.71. The maximum atomic E-state index is 12.2. The molecule has 0 unspecified atom stereocenters. The summed E-state index contributed by atoms with van der Waals surface area (Å²) < 4.78 is 5.02. The van der Waals surface area contributed by atoms with Gasteiger partial charge in [0.2, 0.25) is 5.91 Å². The first-order valence-corrected chi connectivity index (χ1v) is 8.96. The van der Waals surface area contributed by atoms with Gasteiger partial charge in [0.25, 0.3) is 5.91 Å². The van der Waals surface area contributed by atoms with Crippen molar-refractivity contribution in [1.29, 1.82) is 0 Å². The Morgan fingerprint density at radius 3 is 2.44 bits per heavy atom. The lowest BCUT2D eigenvalue weighted by Gasteiger charge is -2.11. The molecule has 3 rings (SSSR count). The van der Waals surface area contributed by atoms with Crippen LogP contribution in [0.4, 0.5) is 5.69 Å². The molecular formula is C22H22N2O3. The summed E-state index contributed by atoms with van der Waals surface area (Å²) in [6.07, 6.45) is 3.10. The largest absolute Gasteiger partial charge is 0.459 e. The molecule has 2 aromatic carbocycles. The minimum absolute atomic E-state index is 0.0669. The minimum atomic E-state index is -0.270. The van der Waals surface area contributed by atoms with Crippen LogP contribution in [-0.4, -0.2) is 18.4 Å². The first-order chi connectivity index (χ1) is 13.2. The average molecular weight is 362 g/mol. The molecule has 1 aromatic heterocycles. The molecular weight excluding hydrogens is 340 g/mol. The fourth-order valence-electron chi connectivity index (χ4n) is 2.77. The Kier molecular flexibility index (Phi) is 6.41. The molecule has 27 heavy (non-hydrogen) atoms. The Balaban J connectivity index is 1.47. The molecule has 3 aromatic rings. The van der Waals surface area contributed by atoms with E-state index in [9.17, 15) is 9.59 Å². The number of hydrogen-bond donors (Lipinski definition) is 2. The van der Waals surface area contributed by atoms with Crippen LogP contribution in [0.25, 0.3) is 0 Å². The highest BCUT2D eigenvalue weighted by Crippen LogP contribution is 2.19. The number of para-hydroxylation sites is 1. The molecule has 0 fully saturated rings. The molecule has 1 heterocycles. The van der Waals surface area contributed by atoms with Crippen LogP contribution in [0.2, 0.25) is 0 Å². The van der Waals surface area contributed by atoms with E-state index < -0.39 is 0 Å². The van der Waals surface area contributed by atoms with Crippen molar-refractivity contribution in [1.82, 2.24) is 5.32 Å². The van der Waals surface area contributed by atoms with Gasteiger partial charge in [0.15, 0.2) is 5.76 Å². The number of carbonyl (C=O) groups is 2. The van der Waals surface area contributed by atoms with Crippen LogP contribution in [0, 0.1) is 0 Å². The van der Waals surface area contributed by atoms with Crippen molar-refractivity contribution in [3.63, 3.8) is 0 Å². The van der Waals surface area contributed by atoms with E-state index in [2.05, 4.69) is 22.8 Å². The van der Waals surface area contributed by atoms with Crippen molar-refractivity contribution in [3.8, 4) is 0 Å². The molecule has 0 aliphatic rings. The number of anilines is 1. The highest BCUT2D eigenvalue weighted by molar-refractivity contribution is 5.92. The monoisotopic (exact) mass is 362 g/mol. The lowest BCUT2D eigenvalue weighted by atomic mass is 10.0. The molecule has 0 bridgehead atoms. The Morgan fingerprint density at radius 1 is 0.889 bits per heavy atom. The Hall–Kier alpha value is -3.34. The summed E-state index contributed by atoms with van der Waals surface area (Å²) >= 11 is 0. The zero-order valence-corrected chi connectivity index (χ0v) is 15.0. The molecule has 0 aliphatic carbocycles. The first-order valence-electron chi connectivity index (χ1n) is 8.96. The van der Waals surface area contributed by atoms with Crippen molar-refractivity contribution in [2.45, 2.75) is 19.3 Å². The number of furan rings is 1. The summed E-state index contributed by atoms with van der Waals surface area (Å²) in [6.45, 7) is 0.415. The maximum absolute atomic E-state index is 12.2. The van der Waals surface area contributed by atoms with Gasteiger partial charge in [-0.15, -0.1) is 0 Å². The lowest BCUT2D eigenvalue weighted by molar-refractivity contribution is -0.116. The molecule has 5 nitrogen and oxygen atoms in total. The Labute approximate surface area is 158 Å². The standard InChI is InChI=1S/C22H22N2O3/c25-21(13-6-14-23-22(26)20-12-7-15-27-20)24-19-11-5-4-10-18(19)16-17-8-2-1-3-9-17/h1-5,7-12,15H,6,13-14,16H2,(H,23,26)(H,24,25). The second kappa shape index (κ2) is 9.38. The van der Waals surface area contributed by atoms with E-state index in [1.807, 2.05) is 42.5 Å². The minimum Gasteiger partial charge on any atom is -0.459 e. The van der Waals surface area contributed by atoms with Gasteiger partial charge in [0.1, 0.15) is 0 Å². The normalized spacial score (nSPS) is 10.4. The quantitative estimate of drug-likeness (QED) is 0.595. The zero-order chi connectivity index (χ0) is 18.9. The highest BCUT2D eigenvalue weighted by Gasteiger charge is 2.09. The molecule has 0 radical (unpaired) electrons. The van der Waals surface area contributed by atoms with Crippen LogP contribution in [0.15, 0.2) is 77.4 Å². The molecule has 0 atom stereocenters. The summed E-state index contributed by atoms with van der Waals surface area (Å²) in [4.78, 5) is 24.0. The van der Waals surface area contributed by atoms with Gasteiger partial charge >= 0.3 is 0 Å². The van der Waals surface area contributed by atoms with E-state index in [-0.39, 0.29) is 17.6 Å². The van der Waals surface area contributed by atoms with Gasteiger partial charge in [-0.2, -0.15) is 0 Å². The van der Waals surface area contributed by atoms with E-state index in [4.69, 9.17) is 4.42 Å². The molecule has 0 aliphatic heterocycles. The van der Waals surface area contributed by atoms with Crippen LogP contribution in [0.3, 0.4) is 0 Å². The first kappa shape index (κ1) is 18.5. The van der Waals surface area contributed by atoms with Crippen LogP contribution in [0.1, 0.15) is 34.5 Å². The molecule has 0 spiro atoms. The molecule has 0 saturated carbocycles. The SMILES string of the molecule is O=C(CCCNC(=O)c1ccco1)Nc1ccccc1Cc1ccccc1.